The van der Waals surface area contributed by atoms with Gasteiger partial charge < -0.3 is 10.4 Å². The van der Waals surface area contributed by atoms with E-state index < -0.39 is 16.9 Å². The Morgan fingerprint density at radius 3 is 2.70 bits per heavy atom. The van der Waals surface area contributed by atoms with Gasteiger partial charge in [0.15, 0.2) is 0 Å². The molecule has 0 aliphatic rings. The summed E-state index contributed by atoms with van der Waals surface area (Å²) in [6, 6.07) is 10.8. The van der Waals surface area contributed by atoms with Gasteiger partial charge >= 0.3 is 0 Å². The van der Waals surface area contributed by atoms with Crippen molar-refractivity contribution < 1.29 is 14.8 Å². The lowest BCUT2D eigenvalue weighted by atomic mass is 10.1. The number of halogens is 1. The van der Waals surface area contributed by atoms with Crippen LogP contribution in [0.1, 0.15) is 27.6 Å². The van der Waals surface area contributed by atoms with E-state index in [1.807, 2.05) is 0 Å². The van der Waals surface area contributed by atoms with Gasteiger partial charge in [-0.3, -0.25) is 14.9 Å². The summed E-state index contributed by atoms with van der Waals surface area (Å²) in [4.78, 5) is 22.4. The third kappa shape index (κ3) is 4.06. The van der Waals surface area contributed by atoms with Crippen LogP contribution in [0.15, 0.2) is 42.5 Å². The van der Waals surface area contributed by atoms with Crippen LogP contribution in [0.2, 0.25) is 5.02 Å². The number of aliphatic hydroxyl groups excluding tert-OH is 1. The molecule has 0 fully saturated rings. The Kier molecular flexibility index (Phi) is 5.31. The van der Waals surface area contributed by atoms with Gasteiger partial charge in [0, 0.05) is 34.8 Å². The second-order valence-corrected chi connectivity index (χ2v) is 5.41. The van der Waals surface area contributed by atoms with Gasteiger partial charge in [-0.25, -0.2) is 0 Å². The van der Waals surface area contributed by atoms with Crippen molar-refractivity contribution in [2.45, 2.75) is 13.0 Å². The molecule has 0 bridgehead atoms. The smallest absolute Gasteiger partial charge is 0.270 e. The number of hydrogen-bond donors (Lipinski definition) is 2. The lowest BCUT2D eigenvalue weighted by molar-refractivity contribution is -0.384. The van der Waals surface area contributed by atoms with E-state index in [1.165, 1.54) is 18.2 Å². The topological polar surface area (TPSA) is 92.5 Å². The zero-order valence-electron chi connectivity index (χ0n) is 12.3. The molecule has 2 rings (SSSR count). The van der Waals surface area contributed by atoms with Gasteiger partial charge in [-0.05, 0) is 18.6 Å². The van der Waals surface area contributed by atoms with E-state index in [0.717, 1.165) is 0 Å². The molecule has 7 heteroatoms. The van der Waals surface area contributed by atoms with Crippen LogP contribution in [-0.4, -0.2) is 22.5 Å². The molecule has 2 aromatic rings. The monoisotopic (exact) mass is 334 g/mol. The van der Waals surface area contributed by atoms with Gasteiger partial charge in [-0.1, -0.05) is 35.9 Å². The number of carbonyl (C=O) groups excluding carboxylic acids is 1. The van der Waals surface area contributed by atoms with Crippen molar-refractivity contribution in [1.29, 1.82) is 0 Å². The lowest BCUT2D eigenvalue weighted by Crippen LogP contribution is -2.29. The predicted octanol–water partition coefficient (Wildman–Crippen LogP) is 3.02. The molecular weight excluding hydrogens is 320 g/mol. The highest BCUT2D eigenvalue weighted by Gasteiger charge is 2.17. The summed E-state index contributed by atoms with van der Waals surface area (Å²) < 4.78 is 0. The maximum absolute atomic E-state index is 12.2. The molecule has 0 saturated heterocycles. The van der Waals surface area contributed by atoms with E-state index in [9.17, 15) is 20.0 Å². The number of benzene rings is 2. The normalized spacial score (nSPS) is 11.8. The van der Waals surface area contributed by atoms with Crippen molar-refractivity contribution in [2.24, 2.45) is 0 Å². The highest BCUT2D eigenvalue weighted by molar-refractivity contribution is 6.31. The SMILES string of the molecule is Cc1ccc([N+](=O)[O-])cc1C(=O)NCC(O)c1ccccc1Cl. The molecule has 0 saturated carbocycles. The molecule has 0 radical (unpaired) electrons. The van der Waals surface area contributed by atoms with Crippen molar-refractivity contribution in [2.75, 3.05) is 6.54 Å². The number of nitrogens with zero attached hydrogens (tertiary/aromatic N) is 1. The molecule has 23 heavy (non-hydrogen) atoms. The molecule has 1 unspecified atom stereocenters. The minimum atomic E-state index is -0.966. The van der Waals surface area contributed by atoms with Gasteiger partial charge in [-0.2, -0.15) is 0 Å². The van der Waals surface area contributed by atoms with Gasteiger partial charge in [0.05, 0.1) is 11.0 Å². The van der Waals surface area contributed by atoms with Crippen LogP contribution in [0.5, 0.6) is 0 Å². The number of hydrogen-bond acceptors (Lipinski definition) is 4. The average Bonchev–Trinajstić information content (AvgIpc) is 2.53. The minimum absolute atomic E-state index is 0.0509. The molecule has 0 aliphatic heterocycles. The molecule has 0 spiro atoms. The van der Waals surface area contributed by atoms with Crippen LogP contribution in [-0.2, 0) is 0 Å². The first-order valence-corrected chi connectivity index (χ1v) is 7.23. The first-order chi connectivity index (χ1) is 10.9. The van der Waals surface area contributed by atoms with E-state index in [-0.39, 0.29) is 17.8 Å². The molecule has 2 N–H and O–H groups in total. The van der Waals surface area contributed by atoms with E-state index in [1.54, 1.807) is 31.2 Å². The van der Waals surface area contributed by atoms with Crippen molar-refractivity contribution in [3.63, 3.8) is 0 Å². The molecule has 1 atom stereocenters. The fourth-order valence-corrected chi connectivity index (χ4v) is 2.37. The summed E-state index contributed by atoms with van der Waals surface area (Å²) in [6.45, 7) is 1.63. The lowest BCUT2D eigenvalue weighted by Gasteiger charge is -2.14. The Hall–Kier alpha value is -2.44. The molecule has 0 aliphatic carbocycles. The number of aryl methyl sites for hydroxylation is 1. The molecule has 120 valence electrons. The maximum atomic E-state index is 12.2. The van der Waals surface area contributed by atoms with Gasteiger partial charge in [0.25, 0.3) is 11.6 Å². The minimum Gasteiger partial charge on any atom is -0.387 e. The Labute approximate surface area is 137 Å². The third-order valence-corrected chi connectivity index (χ3v) is 3.74. The first-order valence-electron chi connectivity index (χ1n) is 6.86. The summed E-state index contributed by atoms with van der Waals surface area (Å²) in [7, 11) is 0. The second kappa shape index (κ2) is 7.21. The Bertz CT molecular complexity index is 749. The summed E-state index contributed by atoms with van der Waals surface area (Å²) in [5.74, 6) is -0.489. The fraction of sp³-hybridized carbons (Fsp3) is 0.188. The molecule has 2 aromatic carbocycles. The van der Waals surface area contributed by atoms with E-state index in [4.69, 9.17) is 11.6 Å². The molecule has 0 aromatic heterocycles. The predicted molar refractivity (Wildman–Crippen MR) is 86.6 cm³/mol. The van der Waals surface area contributed by atoms with E-state index in [0.29, 0.717) is 16.1 Å². The van der Waals surface area contributed by atoms with Crippen molar-refractivity contribution >= 4 is 23.2 Å². The molecule has 6 nitrogen and oxygen atoms in total. The van der Waals surface area contributed by atoms with Crippen LogP contribution >= 0.6 is 11.6 Å². The van der Waals surface area contributed by atoms with E-state index in [2.05, 4.69) is 5.32 Å². The largest absolute Gasteiger partial charge is 0.387 e. The highest BCUT2D eigenvalue weighted by atomic mass is 35.5. The number of non-ortho nitro benzene ring substituents is 1. The summed E-state index contributed by atoms with van der Waals surface area (Å²) in [5, 5.41) is 23.9. The summed E-state index contributed by atoms with van der Waals surface area (Å²) in [5.41, 5.74) is 1.16. The number of aliphatic hydroxyl groups is 1. The molecule has 1 amide bonds. The fourth-order valence-electron chi connectivity index (χ4n) is 2.11. The Morgan fingerprint density at radius 2 is 2.04 bits per heavy atom. The Balaban J connectivity index is 2.09. The van der Waals surface area contributed by atoms with Crippen molar-refractivity contribution in [3.8, 4) is 0 Å². The zero-order chi connectivity index (χ0) is 17.0. The number of nitro benzene ring substituents is 1. The standard InChI is InChI=1S/C16H15ClN2O4/c1-10-6-7-11(19(22)23)8-13(10)16(21)18-9-15(20)12-4-2-3-5-14(12)17/h2-8,15,20H,9H2,1H3,(H,18,21). The molecule has 0 heterocycles. The van der Waals surface area contributed by atoms with Crippen molar-refractivity contribution in [3.05, 3.63) is 74.3 Å². The summed E-state index contributed by atoms with van der Waals surface area (Å²) in [6.07, 6.45) is -0.966. The highest BCUT2D eigenvalue weighted by Crippen LogP contribution is 2.22. The Morgan fingerprint density at radius 1 is 1.35 bits per heavy atom. The average molecular weight is 335 g/mol. The number of nitro groups is 1. The van der Waals surface area contributed by atoms with Crippen LogP contribution in [0.3, 0.4) is 0 Å². The van der Waals surface area contributed by atoms with Gasteiger partial charge in [-0.15, -0.1) is 0 Å². The van der Waals surface area contributed by atoms with Gasteiger partial charge in [0.2, 0.25) is 0 Å². The quantitative estimate of drug-likeness (QED) is 0.649. The van der Waals surface area contributed by atoms with Crippen LogP contribution in [0.25, 0.3) is 0 Å². The van der Waals surface area contributed by atoms with Gasteiger partial charge in [0.1, 0.15) is 0 Å². The number of nitrogens with one attached hydrogen (secondary N) is 1. The molecular formula is C16H15ClN2O4. The number of rotatable bonds is 5. The van der Waals surface area contributed by atoms with Crippen LogP contribution in [0, 0.1) is 17.0 Å². The number of amides is 1. The third-order valence-electron chi connectivity index (χ3n) is 3.40. The second-order valence-electron chi connectivity index (χ2n) is 5.00. The zero-order valence-corrected chi connectivity index (χ0v) is 13.1. The number of carbonyl (C=O) groups is 1. The maximum Gasteiger partial charge on any atom is 0.270 e. The van der Waals surface area contributed by atoms with E-state index >= 15 is 0 Å². The summed E-state index contributed by atoms with van der Waals surface area (Å²) >= 11 is 5.98. The van der Waals surface area contributed by atoms with Crippen LogP contribution in [0.4, 0.5) is 5.69 Å². The van der Waals surface area contributed by atoms with Crippen molar-refractivity contribution in [1.82, 2.24) is 5.32 Å². The van der Waals surface area contributed by atoms with Crippen LogP contribution < -0.4 is 5.32 Å². The first kappa shape index (κ1) is 16.9.